The van der Waals surface area contributed by atoms with Crippen LogP contribution in [0, 0.1) is 0 Å². The van der Waals surface area contributed by atoms with Crippen molar-refractivity contribution in [3.8, 4) is 0 Å². The van der Waals surface area contributed by atoms with Crippen LogP contribution in [0.2, 0.25) is 0 Å². The predicted molar refractivity (Wildman–Crippen MR) is 60.5 cm³/mol. The van der Waals surface area contributed by atoms with E-state index in [0.29, 0.717) is 6.04 Å². The lowest BCUT2D eigenvalue weighted by molar-refractivity contribution is 0.0814. The van der Waals surface area contributed by atoms with Crippen LogP contribution in [0.25, 0.3) is 0 Å². The quantitative estimate of drug-likeness (QED) is 0.794. The first-order valence-corrected chi connectivity index (χ1v) is 5.76. The van der Waals surface area contributed by atoms with Crippen molar-refractivity contribution in [1.82, 2.24) is 9.88 Å². The molecular weight excluding hydrogens is 188 g/mol. The van der Waals surface area contributed by atoms with Gasteiger partial charge in [0.2, 0.25) is 0 Å². The summed E-state index contributed by atoms with van der Waals surface area (Å²) in [6.07, 6.45) is 6.07. The van der Waals surface area contributed by atoms with Crippen molar-refractivity contribution in [1.29, 1.82) is 0 Å². The number of nitrogens with one attached hydrogen (secondary N) is 1. The molecule has 0 amide bonds. The zero-order chi connectivity index (χ0) is 10.7. The molecule has 1 saturated carbocycles. The van der Waals surface area contributed by atoms with Crippen molar-refractivity contribution >= 4 is 0 Å². The summed E-state index contributed by atoms with van der Waals surface area (Å²) in [6, 6.07) is 4.79. The minimum absolute atomic E-state index is 0.0554. The minimum atomic E-state index is -0.0554. The van der Waals surface area contributed by atoms with Gasteiger partial charge in [-0.15, -0.1) is 0 Å². The molecule has 0 radical (unpaired) electrons. The Morgan fingerprint density at radius 2 is 2.13 bits per heavy atom. The van der Waals surface area contributed by atoms with Gasteiger partial charge in [-0.25, -0.2) is 0 Å². The molecule has 1 aromatic rings. The van der Waals surface area contributed by atoms with E-state index in [1.54, 1.807) is 0 Å². The number of aromatic nitrogens is 1. The molecule has 0 aliphatic heterocycles. The number of nitrogens with zero attached hydrogens (tertiary/aromatic N) is 1. The minimum Gasteiger partial charge on any atom is -0.393 e. The Kier molecular flexibility index (Phi) is 3.44. The van der Waals surface area contributed by atoms with Gasteiger partial charge in [0.05, 0.1) is 6.10 Å². The van der Waals surface area contributed by atoms with Gasteiger partial charge in [-0.2, -0.15) is 0 Å². The summed E-state index contributed by atoms with van der Waals surface area (Å²) in [6.45, 7) is 0.980. The normalized spacial score (nSPS) is 27.1. The van der Waals surface area contributed by atoms with Gasteiger partial charge in [-0.1, -0.05) is 0 Å². The predicted octanol–water partition coefficient (Wildman–Crippen LogP) is 1.75. The lowest BCUT2D eigenvalue weighted by Crippen LogP contribution is -2.35. The average molecular weight is 208 g/mol. The Labute approximate surface area is 91.1 Å². The molecule has 2 N–H and O–H groups in total. The lowest BCUT2D eigenvalue weighted by Gasteiger charge is -2.32. The number of hydrogen-bond acceptors (Lipinski definition) is 2. The fourth-order valence-corrected chi connectivity index (χ4v) is 2.36. The van der Waals surface area contributed by atoms with E-state index in [1.807, 2.05) is 12.3 Å². The second-order valence-electron chi connectivity index (χ2n) is 4.57. The van der Waals surface area contributed by atoms with E-state index in [2.05, 4.69) is 23.0 Å². The Morgan fingerprint density at radius 1 is 1.40 bits per heavy atom. The lowest BCUT2D eigenvalue weighted by atomic mass is 9.92. The van der Waals surface area contributed by atoms with Gasteiger partial charge in [-0.3, -0.25) is 4.90 Å². The largest absolute Gasteiger partial charge is 0.393 e. The van der Waals surface area contributed by atoms with Gasteiger partial charge < -0.3 is 10.1 Å². The van der Waals surface area contributed by atoms with Crippen LogP contribution in [0.5, 0.6) is 0 Å². The van der Waals surface area contributed by atoms with Crippen LogP contribution in [0.15, 0.2) is 18.3 Å². The van der Waals surface area contributed by atoms with Crippen molar-refractivity contribution in [2.24, 2.45) is 0 Å². The first-order valence-electron chi connectivity index (χ1n) is 5.76. The van der Waals surface area contributed by atoms with Crippen LogP contribution in [-0.4, -0.2) is 34.2 Å². The fraction of sp³-hybridized carbons (Fsp3) is 0.667. The standard InChI is InChI=1S/C12H20N2O/c1-14(9-10-3-2-8-13-10)11-4-6-12(15)7-5-11/h2-3,8,11-13,15H,4-7,9H2,1H3. The SMILES string of the molecule is CN(Cc1ccc[nH]1)C1CCC(O)CC1. The zero-order valence-electron chi connectivity index (χ0n) is 9.32. The van der Waals surface area contributed by atoms with E-state index in [9.17, 15) is 5.11 Å². The Morgan fingerprint density at radius 3 is 2.73 bits per heavy atom. The third kappa shape index (κ3) is 2.83. The van der Waals surface area contributed by atoms with Crippen molar-refractivity contribution < 1.29 is 5.11 Å². The van der Waals surface area contributed by atoms with Gasteiger partial charge in [-0.05, 0) is 44.9 Å². The third-order valence-corrected chi connectivity index (χ3v) is 3.37. The molecule has 0 saturated heterocycles. The van der Waals surface area contributed by atoms with Crippen LogP contribution >= 0.6 is 0 Å². The molecule has 0 bridgehead atoms. The average Bonchev–Trinajstić information content (AvgIpc) is 2.71. The molecule has 0 atom stereocenters. The fourth-order valence-electron chi connectivity index (χ4n) is 2.36. The van der Waals surface area contributed by atoms with Crippen LogP contribution in [0.4, 0.5) is 0 Å². The number of aliphatic hydroxyl groups excluding tert-OH is 1. The Bertz CT molecular complexity index is 276. The summed E-state index contributed by atoms with van der Waals surface area (Å²) in [5, 5.41) is 9.44. The van der Waals surface area contributed by atoms with E-state index in [-0.39, 0.29) is 6.10 Å². The van der Waals surface area contributed by atoms with Gasteiger partial charge in [0.1, 0.15) is 0 Å². The summed E-state index contributed by atoms with van der Waals surface area (Å²) >= 11 is 0. The molecule has 84 valence electrons. The molecule has 1 aliphatic rings. The number of rotatable bonds is 3. The maximum absolute atomic E-state index is 9.44. The topological polar surface area (TPSA) is 39.3 Å². The molecule has 2 rings (SSSR count). The molecular formula is C12H20N2O. The van der Waals surface area contributed by atoms with Crippen molar-refractivity contribution in [2.75, 3.05) is 7.05 Å². The molecule has 1 fully saturated rings. The molecule has 0 spiro atoms. The highest BCUT2D eigenvalue weighted by molar-refractivity contribution is 5.03. The highest BCUT2D eigenvalue weighted by atomic mass is 16.3. The highest BCUT2D eigenvalue weighted by Gasteiger charge is 2.22. The third-order valence-electron chi connectivity index (χ3n) is 3.37. The first-order chi connectivity index (χ1) is 7.25. The van der Waals surface area contributed by atoms with E-state index in [4.69, 9.17) is 0 Å². The Hall–Kier alpha value is -0.800. The van der Waals surface area contributed by atoms with Crippen LogP contribution in [-0.2, 0) is 6.54 Å². The number of aliphatic hydroxyl groups is 1. The van der Waals surface area contributed by atoms with Crippen LogP contribution in [0.1, 0.15) is 31.4 Å². The molecule has 0 aromatic carbocycles. The second kappa shape index (κ2) is 4.81. The van der Waals surface area contributed by atoms with Crippen molar-refractivity contribution in [3.05, 3.63) is 24.0 Å². The maximum atomic E-state index is 9.44. The van der Waals surface area contributed by atoms with E-state index < -0.39 is 0 Å². The summed E-state index contributed by atoms with van der Waals surface area (Å²) < 4.78 is 0. The van der Waals surface area contributed by atoms with Crippen LogP contribution < -0.4 is 0 Å². The summed E-state index contributed by atoms with van der Waals surface area (Å²) in [5.41, 5.74) is 1.27. The van der Waals surface area contributed by atoms with E-state index in [1.165, 1.54) is 5.69 Å². The molecule has 0 unspecified atom stereocenters. The molecule has 1 aliphatic carbocycles. The monoisotopic (exact) mass is 208 g/mol. The number of H-pyrrole nitrogens is 1. The number of aromatic amines is 1. The van der Waals surface area contributed by atoms with Gasteiger partial charge in [0, 0.05) is 24.5 Å². The highest BCUT2D eigenvalue weighted by Crippen LogP contribution is 2.23. The first kappa shape index (κ1) is 10.7. The summed E-state index contributed by atoms with van der Waals surface area (Å²) in [7, 11) is 2.17. The zero-order valence-corrected chi connectivity index (χ0v) is 9.32. The van der Waals surface area contributed by atoms with Crippen molar-refractivity contribution in [3.63, 3.8) is 0 Å². The van der Waals surface area contributed by atoms with E-state index in [0.717, 1.165) is 32.2 Å². The number of hydrogen-bond donors (Lipinski definition) is 2. The maximum Gasteiger partial charge on any atom is 0.0541 e. The molecule has 3 nitrogen and oxygen atoms in total. The van der Waals surface area contributed by atoms with Crippen LogP contribution in [0.3, 0.4) is 0 Å². The molecule has 3 heteroatoms. The molecule has 1 heterocycles. The molecule has 15 heavy (non-hydrogen) atoms. The summed E-state index contributed by atoms with van der Waals surface area (Å²) in [4.78, 5) is 5.61. The van der Waals surface area contributed by atoms with Gasteiger partial charge >= 0.3 is 0 Å². The van der Waals surface area contributed by atoms with Gasteiger partial charge in [0.15, 0.2) is 0 Å². The summed E-state index contributed by atoms with van der Waals surface area (Å²) in [5.74, 6) is 0. The van der Waals surface area contributed by atoms with Gasteiger partial charge in [0.25, 0.3) is 0 Å². The van der Waals surface area contributed by atoms with E-state index >= 15 is 0 Å². The smallest absolute Gasteiger partial charge is 0.0541 e. The second-order valence-corrected chi connectivity index (χ2v) is 4.57. The Balaban J connectivity index is 1.83. The van der Waals surface area contributed by atoms with Crippen molar-refractivity contribution in [2.45, 2.75) is 44.4 Å². The molecule has 1 aromatic heterocycles.